The Kier molecular flexibility index (Phi) is 8.33. The van der Waals surface area contributed by atoms with Crippen molar-refractivity contribution in [2.75, 3.05) is 0 Å². The molecule has 0 aliphatic carbocycles. The van der Waals surface area contributed by atoms with Crippen LogP contribution in [0.2, 0.25) is 0 Å². The zero-order chi connectivity index (χ0) is 39.1. The van der Waals surface area contributed by atoms with Crippen molar-refractivity contribution < 1.29 is 4.42 Å². The summed E-state index contributed by atoms with van der Waals surface area (Å²) in [4.78, 5) is 30.1. The first-order valence-corrected chi connectivity index (χ1v) is 19.4. The lowest BCUT2D eigenvalue weighted by Gasteiger charge is -2.13. The summed E-state index contributed by atoms with van der Waals surface area (Å²) in [5, 5.41) is 4.55. The lowest BCUT2D eigenvalue weighted by Crippen LogP contribution is -1.98. The molecule has 4 heterocycles. The molecule has 0 amide bonds. The Balaban J connectivity index is 1.15. The van der Waals surface area contributed by atoms with Gasteiger partial charge in [0.1, 0.15) is 0 Å². The zero-order valence-electron chi connectivity index (χ0n) is 31.6. The fourth-order valence-electron chi connectivity index (χ4n) is 7.56. The highest BCUT2D eigenvalue weighted by Crippen LogP contribution is 2.37. The van der Waals surface area contributed by atoms with E-state index in [-0.39, 0.29) is 0 Å². The molecule has 11 rings (SSSR count). The second kappa shape index (κ2) is 14.4. The highest BCUT2D eigenvalue weighted by molar-refractivity contribution is 5.89. The van der Waals surface area contributed by atoms with Gasteiger partial charge in [0.2, 0.25) is 5.89 Å². The van der Waals surface area contributed by atoms with E-state index in [1.165, 1.54) is 0 Å². The Bertz CT molecular complexity index is 3130. The Morgan fingerprint density at radius 3 is 1.27 bits per heavy atom. The Labute approximate surface area is 339 Å². The zero-order valence-corrected chi connectivity index (χ0v) is 31.6. The normalized spacial score (nSPS) is 11.4. The minimum absolute atomic E-state index is 0.445. The first-order chi connectivity index (χ1) is 29.2. The molecule has 0 radical (unpaired) electrons. The van der Waals surface area contributed by atoms with Crippen molar-refractivity contribution in [2.45, 2.75) is 0 Å². The summed E-state index contributed by atoms with van der Waals surface area (Å²) in [5.74, 6) is 1.69. The molecule has 11 aromatic rings. The fourth-order valence-corrected chi connectivity index (χ4v) is 7.56. The van der Waals surface area contributed by atoms with Crippen molar-refractivity contribution in [2.24, 2.45) is 0 Å². The number of fused-ring (bicyclic) bond motifs is 3. The van der Waals surface area contributed by atoms with Gasteiger partial charge < -0.3 is 4.42 Å². The predicted molar refractivity (Wildman–Crippen MR) is 236 cm³/mol. The van der Waals surface area contributed by atoms with Crippen LogP contribution in [0.25, 0.3) is 112 Å². The molecule has 7 nitrogen and oxygen atoms in total. The van der Waals surface area contributed by atoms with Crippen LogP contribution in [0.1, 0.15) is 0 Å². The molecule has 0 aliphatic rings. The van der Waals surface area contributed by atoms with E-state index in [0.717, 1.165) is 83.3 Å². The molecule has 4 aromatic heterocycles. The number of aromatic nitrogens is 6. The summed E-state index contributed by atoms with van der Waals surface area (Å²) in [5.41, 5.74) is 10.5. The topological polar surface area (TPSA) is 90.5 Å². The van der Waals surface area contributed by atoms with Gasteiger partial charge in [0.15, 0.2) is 22.9 Å². The average Bonchev–Trinajstić information content (AvgIpc) is 3.76. The summed E-state index contributed by atoms with van der Waals surface area (Å²) in [6.45, 7) is 0. The lowest BCUT2D eigenvalue weighted by atomic mass is 9.98. The third-order valence-corrected chi connectivity index (χ3v) is 10.5. The molecular formula is C52H32N6O. The van der Waals surface area contributed by atoms with Crippen molar-refractivity contribution in [1.29, 1.82) is 0 Å². The first kappa shape index (κ1) is 34.1. The molecular weight excluding hydrogens is 725 g/mol. The van der Waals surface area contributed by atoms with Crippen LogP contribution < -0.4 is 0 Å². The van der Waals surface area contributed by atoms with Crippen LogP contribution in [0.3, 0.4) is 0 Å². The lowest BCUT2D eigenvalue weighted by molar-refractivity contribution is 0.619. The Hall–Kier alpha value is -8.16. The van der Waals surface area contributed by atoms with Gasteiger partial charge in [-0.25, -0.2) is 24.9 Å². The van der Waals surface area contributed by atoms with Crippen LogP contribution >= 0.6 is 0 Å². The smallest absolute Gasteiger partial charge is 0.228 e. The molecule has 0 saturated heterocycles. The second-order valence-corrected chi connectivity index (χ2v) is 14.4. The average molecular weight is 757 g/mol. The maximum Gasteiger partial charge on any atom is 0.228 e. The van der Waals surface area contributed by atoms with Gasteiger partial charge in [-0.15, -0.1) is 0 Å². The first-order valence-electron chi connectivity index (χ1n) is 19.4. The minimum atomic E-state index is 0.445. The number of oxazole rings is 1. The van der Waals surface area contributed by atoms with Crippen LogP contribution in [-0.2, 0) is 0 Å². The number of hydrogen-bond acceptors (Lipinski definition) is 7. The molecule has 7 heteroatoms. The third kappa shape index (κ3) is 6.66. The molecule has 7 aromatic carbocycles. The number of pyridine rings is 1. The van der Waals surface area contributed by atoms with E-state index >= 15 is 0 Å². The van der Waals surface area contributed by atoms with Gasteiger partial charge in [-0.2, -0.15) is 4.98 Å². The predicted octanol–water partition coefficient (Wildman–Crippen LogP) is 12.8. The molecule has 0 unspecified atom stereocenters. The van der Waals surface area contributed by atoms with Gasteiger partial charge >= 0.3 is 0 Å². The largest absolute Gasteiger partial charge is 0.434 e. The van der Waals surface area contributed by atoms with E-state index in [2.05, 4.69) is 132 Å². The summed E-state index contributed by atoms with van der Waals surface area (Å²) >= 11 is 0. The van der Waals surface area contributed by atoms with Crippen LogP contribution in [0, 0.1) is 0 Å². The number of benzene rings is 7. The van der Waals surface area contributed by atoms with E-state index in [4.69, 9.17) is 29.3 Å². The van der Waals surface area contributed by atoms with Crippen LogP contribution in [0.5, 0.6) is 0 Å². The molecule has 0 atom stereocenters. The van der Waals surface area contributed by atoms with Gasteiger partial charge in [0.05, 0.1) is 22.8 Å². The molecule has 59 heavy (non-hydrogen) atoms. The van der Waals surface area contributed by atoms with Crippen LogP contribution in [0.15, 0.2) is 199 Å². The highest BCUT2D eigenvalue weighted by atomic mass is 16.3. The summed E-state index contributed by atoms with van der Waals surface area (Å²) in [6, 6.07) is 63.9. The number of rotatable bonds is 7. The second-order valence-electron chi connectivity index (χ2n) is 14.4. The van der Waals surface area contributed by atoms with Crippen molar-refractivity contribution in [3.05, 3.63) is 194 Å². The van der Waals surface area contributed by atoms with Crippen molar-refractivity contribution in [3.63, 3.8) is 0 Å². The summed E-state index contributed by atoms with van der Waals surface area (Å²) in [6.07, 6.45) is 1.72. The van der Waals surface area contributed by atoms with Crippen molar-refractivity contribution in [3.8, 4) is 79.3 Å². The SMILES string of the molecule is c1ccc(-c2cc(-c3cc(-c4cc(-c5ccccc5)nc(-c5ccc6ccccc6c5)n4)cc(-c4nc5ncccc5o4)c3)nc(-c3ccc4ccccc4c3)n2)cc1. The van der Waals surface area contributed by atoms with Gasteiger partial charge in [-0.05, 0) is 76.1 Å². The van der Waals surface area contributed by atoms with Gasteiger partial charge in [0, 0.05) is 45.1 Å². The highest BCUT2D eigenvalue weighted by Gasteiger charge is 2.19. The molecule has 0 aliphatic heterocycles. The molecule has 276 valence electrons. The number of hydrogen-bond donors (Lipinski definition) is 0. The monoisotopic (exact) mass is 756 g/mol. The Morgan fingerprint density at radius 2 is 0.763 bits per heavy atom. The van der Waals surface area contributed by atoms with E-state index in [1.807, 2.05) is 60.7 Å². The molecule has 0 bridgehead atoms. The van der Waals surface area contributed by atoms with E-state index in [0.29, 0.717) is 28.8 Å². The van der Waals surface area contributed by atoms with Crippen molar-refractivity contribution in [1.82, 2.24) is 29.9 Å². The Morgan fingerprint density at radius 1 is 0.305 bits per heavy atom. The third-order valence-electron chi connectivity index (χ3n) is 10.5. The summed E-state index contributed by atoms with van der Waals surface area (Å²) in [7, 11) is 0. The number of nitrogens with zero attached hydrogens (tertiary/aromatic N) is 6. The molecule has 0 spiro atoms. The molecule has 0 fully saturated rings. The van der Waals surface area contributed by atoms with Crippen LogP contribution in [-0.4, -0.2) is 29.9 Å². The van der Waals surface area contributed by atoms with Gasteiger partial charge in [-0.3, -0.25) is 0 Å². The van der Waals surface area contributed by atoms with Crippen molar-refractivity contribution >= 4 is 32.8 Å². The standard InChI is InChI=1S/C52H32N6O/c1-3-14-35(15-4-1)44-31-46(56-49(54-44)39-23-21-33-12-7-9-18-37(33)26-39)41-28-42(30-43(29-41)52-58-51-48(59-52)20-11-25-53-51)47-32-45(36-16-5-2-6-17-36)55-50(57-47)40-24-22-34-13-8-10-19-38(34)27-40/h1-32H. The van der Waals surface area contributed by atoms with Gasteiger partial charge in [0.25, 0.3) is 0 Å². The van der Waals surface area contributed by atoms with Gasteiger partial charge in [-0.1, -0.05) is 133 Å². The van der Waals surface area contributed by atoms with E-state index in [1.54, 1.807) is 6.20 Å². The maximum absolute atomic E-state index is 6.35. The van der Waals surface area contributed by atoms with Crippen LogP contribution in [0.4, 0.5) is 0 Å². The quantitative estimate of drug-likeness (QED) is 0.160. The molecule has 0 saturated carbocycles. The summed E-state index contributed by atoms with van der Waals surface area (Å²) < 4.78 is 6.35. The molecule has 0 N–H and O–H groups in total. The minimum Gasteiger partial charge on any atom is -0.434 e. The van der Waals surface area contributed by atoms with E-state index in [9.17, 15) is 0 Å². The fraction of sp³-hybridized carbons (Fsp3) is 0. The van der Waals surface area contributed by atoms with E-state index < -0.39 is 0 Å². The maximum atomic E-state index is 6.35.